The summed E-state index contributed by atoms with van der Waals surface area (Å²) in [5.41, 5.74) is 2.12. The Bertz CT molecular complexity index is 1180. The summed E-state index contributed by atoms with van der Waals surface area (Å²) in [4.78, 5) is 36.3. The van der Waals surface area contributed by atoms with E-state index >= 15 is 0 Å². The molecule has 0 radical (unpaired) electrons. The van der Waals surface area contributed by atoms with Crippen LogP contribution in [0.15, 0.2) is 48.7 Å². The molecule has 1 aromatic carbocycles. The largest absolute Gasteiger partial charge is 0.454 e. The van der Waals surface area contributed by atoms with E-state index in [0.717, 1.165) is 16.1 Å². The third-order valence-corrected chi connectivity index (χ3v) is 5.97. The molecule has 0 saturated carbocycles. The van der Waals surface area contributed by atoms with E-state index in [4.69, 9.17) is 9.47 Å². The van der Waals surface area contributed by atoms with Gasteiger partial charge in [-0.2, -0.15) is 0 Å². The van der Waals surface area contributed by atoms with Crippen molar-refractivity contribution in [3.05, 3.63) is 70.5 Å². The Hall–Kier alpha value is -3.72. The van der Waals surface area contributed by atoms with Crippen LogP contribution in [0.4, 0.5) is 5.13 Å². The molecule has 31 heavy (non-hydrogen) atoms. The van der Waals surface area contributed by atoms with Crippen molar-refractivity contribution in [1.29, 1.82) is 0 Å². The zero-order valence-electron chi connectivity index (χ0n) is 16.4. The number of nitrogens with one attached hydrogen (secondary N) is 1. The Labute approximate surface area is 182 Å². The van der Waals surface area contributed by atoms with Gasteiger partial charge in [0.05, 0.1) is 12.2 Å². The van der Waals surface area contributed by atoms with Gasteiger partial charge < -0.3 is 14.4 Å². The fraction of sp³-hybridized carbons (Fsp3) is 0.182. The Morgan fingerprint density at radius 3 is 2.94 bits per heavy atom. The summed E-state index contributed by atoms with van der Waals surface area (Å²) in [6, 6.07) is 10.7. The molecule has 2 aromatic heterocycles. The number of carbonyl (C=O) groups is 2. The molecule has 4 heterocycles. The van der Waals surface area contributed by atoms with Gasteiger partial charge >= 0.3 is 0 Å². The van der Waals surface area contributed by atoms with E-state index in [9.17, 15) is 9.59 Å². The van der Waals surface area contributed by atoms with Crippen LogP contribution in [0.5, 0.6) is 11.5 Å². The van der Waals surface area contributed by atoms with Crippen molar-refractivity contribution in [3.8, 4) is 11.5 Å². The van der Waals surface area contributed by atoms with Crippen LogP contribution in [0.3, 0.4) is 0 Å². The average molecular weight is 434 g/mol. The van der Waals surface area contributed by atoms with Gasteiger partial charge in [0.25, 0.3) is 5.91 Å². The zero-order chi connectivity index (χ0) is 21.2. The van der Waals surface area contributed by atoms with E-state index in [0.29, 0.717) is 41.8 Å². The van der Waals surface area contributed by atoms with E-state index in [1.165, 1.54) is 11.3 Å². The summed E-state index contributed by atoms with van der Waals surface area (Å²) in [5, 5.41) is 3.31. The number of nitrogens with zero attached hydrogens (tertiary/aromatic N) is 3. The molecule has 5 rings (SSSR count). The van der Waals surface area contributed by atoms with Gasteiger partial charge in [-0.25, -0.2) is 4.98 Å². The second-order valence-electron chi connectivity index (χ2n) is 7.01. The third-order valence-electron chi connectivity index (χ3n) is 4.98. The second-order valence-corrected chi connectivity index (χ2v) is 8.10. The summed E-state index contributed by atoms with van der Waals surface area (Å²) < 4.78 is 10.7. The highest BCUT2D eigenvalue weighted by Crippen LogP contribution is 2.33. The summed E-state index contributed by atoms with van der Waals surface area (Å²) >= 11 is 1.39. The minimum atomic E-state index is -0.300. The maximum absolute atomic E-state index is 12.7. The number of fused-ring (bicyclic) bond motifs is 2. The maximum atomic E-state index is 12.7. The number of thiazole rings is 1. The van der Waals surface area contributed by atoms with Gasteiger partial charge in [0, 0.05) is 30.1 Å². The molecule has 1 N–H and O–H groups in total. The number of hydrogen-bond donors (Lipinski definition) is 1. The van der Waals surface area contributed by atoms with Gasteiger partial charge in [0.1, 0.15) is 5.69 Å². The molecule has 3 aromatic rings. The lowest BCUT2D eigenvalue weighted by Gasteiger charge is -2.24. The Morgan fingerprint density at radius 1 is 1.16 bits per heavy atom. The lowest BCUT2D eigenvalue weighted by molar-refractivity contribution is -0.126. The fourth-order valence-corrected chi connectivity index (χ4v) is 4.40. The third kappa shape index (κ3) is 4.13. The van der Waals surface area contributed by atoms with Crippen LogP contribution >= 0.6 is 11.3 Å². The first-order valence-electron chi connectivity index (χ1n) is 9.73. The van der Waals surface area contributed by atoms with Crippen LogP contribution in [-0.4, -0.2) is 40.0 Å². The van der Waals surface area contributed by atoms with E-state index in [2.05, 4.69) is 15.3 Å². The molecule has 156 valence electrons. The normalized spacial score (nSPS) is 14.5. The summed E-state index contributed by atoms with van der Waals surface area (Å²) in [7, 11) is 0. The van der Waals surface area contributed by atoms with Gasteiger partial charge in [-0.05, 0) is 35.9 Å². The fourth-order valence-electron chi connectivity index (χ4n) is 3.38. The van der Waals surface area contributed by atoms with Gasteiger partial charge in [-0.15, -0.1) is 0 Å². The van der Waals surface area contributed by atoms with Crippen LogP contribution in [0, 0.1) is 0 Å². The quantitative estimate of drug-likeness (QED) is 0.634. The van der Waals surface area contributed by atoms with Crippen LogP contribution in [0.1, 0.15) is 26.6 Å². The highest BCUT2D eigenvalue weighted by atomic mass is 32.1. The van der Waals surface area contributed by atoms with E-state index in [-0.39, 0.29) is 18.6 Å². The van der Waals surface area contributed by atoms with E-state index < -0.39 is 0 Å². The average Bonchev–Trinajstić information content (AvgIpc) is 3.43. The minimum absolute atomic E-state index is 0.0733. The number of anilines is 1. The van der Waals surface area contributed by atoms with Gasteiger partial charge in [-0.1, -0.05) is 23.5 Å². The predicted molar refractivity (Wildman–Crippen MR) is 115 cm³/mol. The van der Waals surface area contributed by atoms with E-state index in [1.807, 2.05) is 18.2 Å². The first-order chi connectivity index (χ1) is 15.2. The Morgan fingerprint density at radius 2 is 2.06 bits per heavy atom. The number of rotatable bonds is 4. The monoisotopic (exact) mass is 434 g/mol. The van der Waals surface area contributed by atoms with Crippen molar-refractivity contribution in [2.75, 3.05) is 18.7 Å². The lowest BCUT2D eigenvalue weighted by atomic mass is 10.1. The number of ether oxygens (including phenoxy) is 2. The molecule has 8 nitrogen and oxygen atoms in total. The zero-order valence-corrected chi connectivity index (χ0v) is 17.2. The van der Waals surface area contributed by atoms with Crippen molar-refractivity contribution in [2.24, 2.45) is 0 Å². The number of hydrogen-bond acceptors (Lipinski definition) is 7. The second kappa shape index (κ2) is 8.19. The molecule has 9 heteroatoms. The summed E-state index contributed by atoms with van der Waals surface area (Å²) in [6.45, 7) is 1.27. The van der Waals surface area contributed by atoms with Crippen molar-refractivity contribution in [2.45, 2.75) is 13.0 Å². The van der Waals surface area contributed by atoms with E-state index in [1.54, 1.807) is 41.4 Å². The SMILES string of the molecule is O=C(Nc1nc2c(s1)CN(C(=O)/C=C/c1ccc3c(c1)OCO3)CC2)c1ccccn1. The number of carbonyl (C=O) groups excluding carboxylic acids is 2. The van der Waals surface area contributed by atoms with Crippen molar-refractivity contribution in [3.63, 3.8) is 0 Å². The number of benzene rings is 1. The molecule has 2 aliphatic rings. The highest BCUT2D eigenvalue weighted by molar-refractivity contribution is 7.15. The van der Waals surface area contributed by atoms with Crippen molar-refractivity contribution >= 4 is 34.4 Å². The van der Waals surface area contributed by atoms with Crippen LogP contribution in [0.25, 0.3) is 6.08 Å². The topological polar surface area (TPSA) is 93.7 Å². The number of amides is 2. The van der Waals surface area contributed by atoms with Gasteiger partial charge in [0.15, 0.2) is 16.6 Å². The molecular weight excluding hydrogens is 416 g/mol. The molecule has 0 aliphatic carbocycles. The highest BCUT2D eigenvalue weighted by Gasteiger charge is 2.24. The van der Waals surface area contributed by atoms with Gasteiger partial charge in [0.2, 0.25) is 12.7 Å². The minimum Gasteiger partial charge on any atom is -0.454 e. The summed E-state index contributed by atoms with van der Waals surface area (Å²) in [6.07, 6.45) is 5.55. The molecule has 0 fully saturated rings. The predicted octanol–water partition coefficient (Wildman–Crippen LogP) is 3.12. The lowest BCUT2D eigenvalue weighted by Crippen LogP contribution is -2.34. The molecule has 0 spiro atoms. The Kier molecular flexibility index (Phi) is 5.09. The first-order valence-corrected chi connectivity index (χ1v) is 10.5. The van der Waals surface area contributed by atoms with Crippen LogP contribution in [0.2, 0.25) is 0 Å². The Balaban J connectivity index is 1.23. The summed E-state index contributed by atoms with van der Waals surface area (Å²) in [5.74, 6) is 1.02. The number of aromatic nitrogens is 2. The van der Waals surface area contributed by atoms with Gasteiger partial charge in [-0.3, -0.25) is 19.9 Å². The molecule has 2 amide bonds. The molecule has 0 unspecified atom stereocenters. The van der Waals surface area contributed by atoms with Crippen LogP contribution < -0.4 is 14.8 Å². The van der Waals surface area contributed by atoms with Crippen molar-refractivity contribution in [1.82, 2.24) is 14.9 Å². The maximum Gasteiger partial charge on any atom is 0.276 e. The van der Waals surface area contributed by atoms with Crippen LogP contribution in [-0.2, 0) is 17.8 Å². The molecule has 2 aliphatic heterocycles. The smallest absolute Gasteiger partial charge is 0.276 e. The standard InChI is InChI=1S/C22H18N4O4S/c27-20(7-5-14-4-6-17-18(11-14)30-13-29-17)26-10-8-15-19(12-26)31-22(24-15)25-21(28)16-3-1-2-9-23-16/h1-7,9,11H,8,10,12-13H2,(H,24,25,28)/b7-5+. The molecule has 0 bridgehead atoms. The molecule has 0 atom stereocenters. The van der Waals surface area contributed by atoms with Crippen molar-refractivity contribution < 1.29 is 19.1 Å². The number of pyridine rings is 1. The molecule has 0 saturated heterocycles. The molecular formula is C22H18N4O4S. The first kappa shape index (κ1) is 19.3.